The number of fused-ring (bicyclic) bond motifs is 1. The van der Waals surface area contributed by atoms with Crippen molar-refractivity contribution < 1.29 is 42.2 Å². The molecule has 0 bridgehead atoms. The number of nitrogens with one attached hydrogen (secondary N) is 1. The van der Waals surface area contributed by atoms with E-state index in [1.807, 2.05) is 6.07 Å². The number of carbonyl (C=O) groups excluding carboxylic acids is 3. The first-order chi connectivity index (χ1) is 15.5. The van der Waals surface area contributed by atoms with Crippen molar-refractivity contribution in [3.05, 3.63) is 41.5 Å². The summed E-state index contributed by atoms with van der Waals surface area (Å²) in [6.45, 7) is 0.331. The lowest BCUT2D eigenvalue weighted by atomic mass is 10.0. The Labute approximate surface area is 184 Å². The number of aliphatic carboxylic acids is 1. The lowest BCUT2D eigenvalue weighted by Gasteiger charge is -2.29. The van der Waals surface area contributed by atoms with Crippen molar-refractivity contribution in [2.24, 2.45) is 0 Å². The maximum Gasteiger partial charge on any atom is 0.490 e. The number of methoxy groups -OCH3 is 1. The number of piperidine rings is 1. The van der Waals surface area contributed by atoms with Gasteiger partial charge in [-0.25, -0.2) is 4.79 Å². The molecular weight excluding hydrogens is 449 g/mol. The average Bonchev–Trinajstić information content (AvgIpc) is 3.09. The van der Waals surface area contributed by atoms with Gasteiger partial charge in [-0.05, 0) is 30.2 Å². The predicted molar refractivity (Wildman–Crippen MR) is 104 cm³/mol. The minimum atomic E-state index is -5.08. The number of amides is 3. The van der Waals surface area contributed by atoms with E-state index in [2.05, 4.69) is 15.5 Å². The highest BCUT2D eigenvalue weighted by atomic mass is 19.4. The number of carbonyl (C=O) groups is 4. The Bertz CT molecular complexity index is 1100. The Hall–Kier alpha value is -4.03. The molecule has 0 saturated carbocycles. The highest BCUT2D eigenvalue weighted by Gasteiger charge is 2.39. The van der Waals surface area contributed by atoms with Crippen LogP contribution in [0.15, 0.2) is 30.3 Å². The molecule has 1 unspecified atom stereocenters. The number of rotatable bonds is 3. The first-order valence-electron chi connectivity index (χ1n) is 9.47. The number of alkyl halides is 3. The van der Waals surface area contributed by atoms with Crippen LogP contribution in [0, 0.1) is 0 Å². The minimum Gasteiger partial charge on any atom is -0.480 e. The molecule has 1 aromatic heterocycles. The minimum absolute atomic E-state index is 0.193. The first kappa shape index (κ1) is 23.6. The molecule has 33 heavy (non-hydrogen) atoms. The van der Waals surface area contributed by atoms with E-state index < -0.39 is 24.1 Å². The Morgan fingerprint density at radius 2 is 1.88 bits per heavy atom. The summed E-state index contributed by atoms with van der Waals surface area (Å²) in [6.07, 6.45) is -4.50. The van der Waals surface area contributed by atoms with Gasteiger partial charge in [0.15, 0.2) is 0 Å². The second-order valence-electron chi connectivity index (χ2n) is 7.04. The molecule has 13 heteroatoms. The molecular formula is C20H17F3N4O6. The summed E-state index contributed by atoms with van der Waals surface area (Å²) in [5.41, 5.74) is 2.90. The molecule has 0 aliphatic carbocycles. The van der Waals surface area contributed by atoms with Crippen LogP contribution in [-0.2, 0) is 20.9 Å². The molecule has 3 amide bonds. The van der Waals surface area contributed by atoms with Crippen LogP contribution < -0.4 is 10.1 Å². The zero-order chi connectivity index (χ0) is 24.3. The van der Waals surface area contributed by atoms with E-state index in [1.54, 1.807) is 24.3 Å². The molecule has 1 saturated heterocycles. The van der Waals surface area contributed by atoms with Crippen molar-refractivity contribution in [2.75, 3.05) is 7.11 Å². The fourth-order valence-corrected chi connectivity index (χ4v) is 3.32. The van der Waals surface area contributed by atoms with Crippen LogP contribution >= 0.6 is 0 Å². The van der Waals surface area contributed by atoms with Gasteiger partial charge in [0, 0.05) is 30.2 Å². The molecule has 10 nitrogen and oxygen atoms in total. The molecule has 2 aliphatic rings. The second kappa shape index (κ2) is 9.22. The molecule has 2 N–H and O–H groups in total. The highest BCUT2D eigenvalue weighted by molar-refractivity contribution is 6.05. The smallest absolute Gasteiger partial charge is 0.480 e. The summed E-state index contributed by atoms with van der Waals surface area (Å²) in [4.78, 5) is 46.5. The van der Waals surface area contributed by atoms with Gasteiger partial charge in [-0.3, -0.25) is 19.7 Å². The lowest BCUT2D eigenvalue weighted by molar-refractivity contribution is -0.192. The number of ether oxygens (including phenoxy) is 1. The van der Waals surface area contributed by atoms with E-state index in [-0.39, 0.29) is 18.2 Å². The van der Waals surface area contributed by atoms with Gasteiger partial charge in [-0.2, -0.15) is 13.2 Å². The van der Waals surface area contributed by atoms with Gasteiger partial charge in [0.25, 0.3) is 5.91 Å². The van der Waals surface area contributed by atoms with Crippen molar-refractivity contribution >= 4 is 23.7 Å². The van der Waals surface area contributed by atoms with Crippen molar-refractivity contribution in [2.45, 2.75) is 31.6 Å². The number of carboxylic acids is 1. The number of hydrogen-bond acceptors (Lipinski definition) is 7. The molecule has 2 aliphatic heterocycles. The van der Waals surface area contributed by atoms with E-state index in [0.717, 1.165) is 11.1 Å². The summed E-state index contributed by atoms with van der Waals surface area (Å²) < 4.78 is 36.7. The highest BCUT2D eigenvalue weighted by Crippen LogP contribution is 2.30. The summed E-state index contributed by atoms with van der Waals surface area (Å²) in [6, 6.07) is 8.33. The maximum absolute atomic E-state index is 12.7. The summed E-state index contributed by atoms with van der Waals surface area (Å²) in [7, 11) is 1.52. The van der Waals surface area contributed by atoms with E-state index in [1.165, 1.54) is 12.0 Å². The number of imide groups is 1. The predicted octanol–water partition coefficient (Wildman–Crippen LogP) is 1.55. The van der Waals surface area contributed by atoms with Crippen molar-refractivity contribution in [3.63, 3.8) is 0 Å². The van der Waals surface area contributed by atoms with Crippen molar-refractivity contribution in [1.29, 1.82) is 0 Å². The summed E-state index contributed by atoms with van der Waals surface area (Å²) in [5.74, 6) is -3.23. The standard InChI is InChI=1S/C18H16N4O4.C2HF3O2/c1-26-16-7-4-13(20-21-16)10-2-3-12-11(8-10)9-22(18(12)25)14-5-6-15(23)19-17(14)24;3-2(4,5)1(6)7/h2-4,7-8,14H,5-6,9H2,1H3,(H,19,23,24);(H,6,7). The summed E-state index contributed by atoms with van der Waals surface area (Å²) >= 11 is 0. The third-order valence-corrected chi connectivity index (χ3v) is 4.91. The van der Waals surface area contributed by atoms with Gasteiger partial charge in [-0.1, -0.05) is 6.07 Å². The molecule has 1 fully saturated rings. The van der Waals surface area contributed by atoms with Crippen LogP contribution in [0.1, 0.15) is 28.8 Å². The van der Waals surface area contributed by atoms with E-state index in [9.17, 15) is 27.6 Å². The van der Waals surface area contributed by atoms with E-state index in [4.69, 9.17) is 14.6 Å². The number of halogens is 3. The monoisotopic (exact) mass is 466 g/mol. The quantitative estimate of drug-likeness (QED) is 0.650. The number of benzene rings is 1. The zero-order valence-corrected chi connectivity index (χ0v) is 17.0. The number of aromatic nitrogens is 2. The fraction of sp³-hybridized carbons (Fsp3) is 0.300. The third kappa shape index (κ3) is 5.25. The van der Waals surface area contributed by atoms with Gasteiger partial charge >= 0.3 is 12.1 Å². The van der Waals surface area contributed by atoms with Gasteiger partial charge in [0.05, 0.1) is 12.8 Å². The van der Waals surface area contributed by atoms with Crippen molar-refractivity contribution in [3.8, 4) is 17.1 Å². The Morgan fingerprint density at radius 3 is 2.42 bits per heavy atom. The molecule has 1 atom stereocenters. The topological polar surface area (TPSA) is 139 Å². The average molecular weight is 466 g/mol. The second-order valence-corrected chi connectivity index (χ2v) is 7.04. The molecule has 1 aromatic carbocycles. The normalized spacial score (nSPS) is 17.6. The SMILES string of the molecule is COc1ccc(-c2ccc3c(c2)CN(C2CCC(=O)NC2=O)C3=O)nn1.O=C(O)C(F)(F)F. The van der Waals surface area contributed by atoms with Crippen LogP contribution in [0.3, 0.4) is 0 Å². The summed E-state index contributed by atoms with van der Waals surface area (Å²) in [5, 5.41) is 17.5. The first-order valence-corrected chi connectivity index (χ1v) is 9.47. The molecule has 174 valence electrons. The van der Waals surface area contributed by atoms with Crippen LogP contribution in [0.4, 0.5) is 13.2 Å². The van der Waals surface area contributed by atoms with Crippen molar-refractivity contribution in [1.82, 2.24) is 20.4 Å². The van der Waals surface area contributed by atoms with E-state index >= 15 is 0 Å². The maximum atomic E-state index is 12.7. The third-order valence-electron chi connectivity index (χ3n) is 4.91. The van der Waals surface area contributed by atoms with Crippen LogP contribution in [0.5, 0.6) is 5.88 Å². The zero-order valence-electron chi connectivity index (χ0n) is 17.0. The molecule has 0 spiro atoms. The van der Waals surface area contributed by atoms with Gasteiger partial charge in [0.2, 0.25) is 17.7 Å². The molecule has 4 rings (SSSR count). The fourth-order valence-electron chi connectivity index (χ4n) is 3.32. The van der Waals surface area contributed by atoms with Gasteiger partial charge in [0.1, 0.15) is 6.04 Å². The molecule has 2 aromatic rings. The Kier molecular flexibility index (Phi) is 6.60. The number of hydrogen-bond donors (Lipinski definition) is 2. The van der Waals surface area contributed by atoms with E-state index in [0.29, 0.717) is 30.1 Å². The van der Waals surface area contributed by atoms with Crippen LogP contribution in [0.2, 0.25) is 0 Å². The number of carboxylic acid groups (broad SMARTS) is 1. The number of nitrogens with zero attached hydrogens (tertiary/aromatic N) is 3. The molecule has 3 heterocycles. The van der Waals surface area contributed by atoms with Gasteiger partial charge in [-0.15, -0.1) is 10.2 Å². The Morgan fingerprint density at radius 1 is 1.18 bits per heavy atom. The van der Waals surface area contributed by atoms with Gasteiger partial charge < -0.3 is 14.7 Å². The molecule has 0 radical (unpaired) electrons. The van der Waals surface area contributed by atoms with Crippen LogP contribution in [-0.4, -0.2) is 63.2 Å². The Balaban J connectivity index is 0.000000383. The largest absolute Gasteiger partial charge is 0.490 e. The lowest BCUT2D eigenvalue weighted by Crippen LogP contribution is -2.52. The van der Waals surface area contributed by atoms with Crippen LogP contribution in [0.25, 0.3) is 11.3 Å².